The van der Waals surface area contributed by atoms with E-state index >= 15 is 0 Å². The van der Waals surface area contributed by atoms with Crippen molar-refractivity contribution in [2.45, 2.75) is 5.92 Å². The minimum atomic E-state index is -0.620. The van der Waals surface area contributed by atoms with E-state index in [1.54, 1.807) is 0 Å². The van der Waals surface area contributed by atoms with Gasteiger partial charge in [-0.3, -0.25) is 9.78 Å². The molecule has 2 aromatic rings. The molecule has 4 N–H and O–H groups in total. The molecule has 0 saturated carbocycles. The molecule has 1 aromatic heterocycles. The average Bonchev–Trinajstić information content (AvgIpc) is 2.53. The Morgan fingerprint density at radius 2 is 1.96 bits per heavy atom. The second-order valence-corrected chi connectivity index (χ2v) is 5.97. The second-order valence-electron chi connectivity index (χ2n) is 5.56. The van der Waals surface area contributed by atoms with Crippen molar-refractivity contribution in [1.82, 2.24) is 9.97 Å². The molecular formula is C16H15N5O2S. The van der Waals surface area contributed by atoms with Crippen LogP contribution in [0.4, 0.5) is 5.69 Å². The van der Waals surface area contributed by atoms with Crippen LogP contribution in [0, 0.1) is 16.1 Å². The standard InChI is InChI=1S/C16H15N5O2S/c1-21(2)9-5-3-8(4-6-9)11-10(7-17)13(18)23-15-12(11)14(22)19-16(24)20-15/h3-6,11H,18H2,1-2H3,(H2,19,20,22,24). The number of nitrogens with one attached hydrogen (secondary N) is 2. The molecule has 1 aromatic carbocycles. The van der Waals surface area contributed by atoms with E-state index in [9.17, 15) is 10.1 Å². The summed E-state index contributed by atoms with van der Waals surface area (Å²) in [5, 5.41) is 9.49. The summed E-state index contributed by atoms with van der Waals surface area (Å²) < 4.78 is 5.53. The number of benzene rings is 1. The van der Waals surface area contributed by atoms with Gasteiger partial charge in [0.15, 0.2) is 4.77 Å². The normalized spacial score (nSPS) is 16.1. The van der Waals surface area contributed by atoms with Gasteiger partial charge in [-0.25, -0.2) is 0 Å². The van der Waals surface area contributed by atoms with Crippen molar-refractivity contribution in [3.8, 4) is 11.9 Å². The molecule has 8 heteroatoms. The van der Waals surface area contributed by atoms with Crippen molar-refractivity contribution in [2.24, 2.45) is 5.73 Å². The maximum absolute atomic E-state index is 12.4. The van der Waals surface area contributed by atoms with Crippen LogP contribution in [0.3, 0.4) is 0 Å². The van der Waals surface area contributed by atoms with Gasteiger partial charge >= 0.3 is 0 Å². The molecule has 0 aliphatic carbocycles. The number of hydrogen-bond acceptors (Lipinski definition) is 6. The monoisotopic (exact) mass is 341 g/mol. The third-order valence-electron chi connectivity index (χ3n) is 3.86. The van der Waals surface area contributed by atoms with Crippen molar-refractivity contribution in [3.05, 3.63) is 62.0 Å². The van der Waals surface area contributed by atoms with Crippen LogP contribution in [0.25, 0.3) is 0 Å². The van der Waals surface area contributed by atoms with E-state index in [2.05, 4.69) is 9.97 Å². The first kappa shape index (κ1) is 15.8. The third kappa shape index (κ3) is 2.55. The zero-order valence-corrected chi connectivity index (χ0v) is 13.9. The summed E-state index contributed by atoms with van der Waals surface area (Å²) >= 11 is 4.96. The second kappa shape index (κ2) is 5.86. The maximum atomic E-state index is 12.4. The van der Waals surface area contributed by atoms with Gasteiger partial charge in [-0.05, 0) is 29.9 Å². The first-order chi connectivity index (χ1) is 11.4. The highest BCUT2D eigenvalue weighted by atomic mass is 32.1. The van der Waals surface area contributed by atoms with Crippen LogP contribution >= 0.6 is 12.2 Å². The summed E-state index contributed by atoms with van der Waals surface area (Å²) in [6, 6.07) is 9.60. The minimum absolute atomic E-state index is 0.0389. The Hall–Kier alpha value is -3.05. The Labute approximate surface area is 143 Å². The van der Waals surface area contributed by atoms with Crippen LogP contribution in [0.1, 0.15) is 17.0 Å². The van der Waals surface area contributed by atoms with Gasteiger partial charge in [-0.2, -0.15) is 5.26 Å². The highest BCUT2D eigenvalue weighted by molar-refractivity contribution is 7.71. The van der Waals surface area contributed by atoms with Gasteiger partial charge in [0.1, 0.15) is 11.6 Å². The predicted octanol–water partition coefficient (Wildman–Crippen LogP) is 1.72. The number of anilines is 1. The molecule has 24 heavy (non-hydrogen) atoms. The number of aromatic amines is 2. The lowest BCUT2D eigenvalue weighted by atomic mass is 9.85. The zero-order valence-electron chi connectivity index (χ0n) is 13.1. The maximum Gasteiger partial charge on any atom is 0.259 e. The number of hydrogen-bond donors (Lipinski definition) is 3. The largest absolute Gasteiger partial charge is 0.424 e. The fourth-order valence-electron chi connectivity index (χ4n) is 2.69. The molecule has 3 rings (SSSR count). The smallest absolute Gasteiger partial charge is 0.259 e. The molecule has 0 bridgehead atoms. The zero-order chi connectivity index (χ0) is 17.4. The van der Waals surface area contributed by atoms with Crippen molar-refractivity contribution in [2.75, 3.05) is 19.0 Å². The molecule has 0 radical (unpaired) electrons. The number of ether oxygens (including phenoxy) is 1. The molecule has 1 aliphatic heterocycles. The van der Waals surface area contributed by atoms with Crippen LogP contribution in [-0.4, -0.2) is 24.1 Å². The van der Waals surface area contributed by atoms with E-state index in [1.807, 2.05) is 49.3 Å². The minimum Gasteiger partial charge on any atom is -0.424 e. The Kier molecular flexibility index (Phi) is 3.87. The molecule has 0 amide bonds. The van der Waals surface area contributed by atoms with Crippen molar-refractivity contribution < 1.29 is 4.74 Å². The van der Waals surface area contributed by atoms with Crippen molar-refractivity contribution in [1.29, 1.82) is 5.26 Å². The third-order valence-corrected chi connectivity index (χ3v) is 4.07. The topological polar surface area (TPSA) is 111 Å². The highest BCUT2D eigenvalue weighted by Gasteiger charge is 2.33. The SMILES string of the molecule is CN(C)c1ccc(C2C(C#N)=C(N)Oc3[nH]c(=S)[nH]c(=O)c32)cc1. The lowest BCUT2D eigenvalue weighted by Gasteiger charge is -2.25. The van der Waals surface area contributed by atoms with E-state index in [4.69, 9.17) is 22.7 Å². The number of nitriles is 1. The average molecular weight is 341 g/mol. The van der Waals surface area contributed by atoms with Crippen LogP contribution in [0.5, 0.6) is 5.88 Å². The number of fused-ring (bicyclic) bond motifs is 1. The Balaban J connectivity index is 2.24. The van der Waals surface area contributed by atoms with Crippen LogP contribution in [0.2, 0.25) is 0 Å². The molecule has 0 fully saturated rings. The molecule has 0 saturated heterocycles. The molecule has 0 spiro atoms. The van der Waals surface area contributed by atoms with Gasteiger partial charge in [-0.15, -0.1) is 0 Å². The van der Waals surface area contributed by atoms with E-state index in [-0.39, 0.29) is 27.7 Å². The molecule has 1 aliphatic rings. The van der Waals surface area contributed by atoms with Crippen LogP contribution < -0.4 is 20.9 Å². The number of nitrogens with two attached hydrogens (primary N) is 1. The summed E-state index contributed by atoms with van der Waals surface area (Å²) in [6.07, 6.45) is 0. The van der Waals surface area contributed by atoms with E-state index in [0.717, 1.165) is 11.3 Å². The number of aromatic nitrogens is 2. The number of rotatable bonds is 2. The van der Waals surface area contributed by atoms with Gasteiger partial charge in [0.2, 0.25) is 11.8 Å². The molecular weight excluding hydrogens is 326 g/mol. The molecule has 7 nitrogen and oxygen atoms in total. The summed E-state index contributed by atoms with van der Waals surface area (Å²) in [7, 11) is 3.87. The molecule has 2 heterocycles. The first-order valence-electron chi connectivity index (χ1n) is 7.13. The van der Waals surface area contributed by atoms with Crippen LogP contribution in [-0.2, 0) is 0 Å². The van der Waals surface area contributed by atoms with E-state index in [0.29, 0.717) is 0 Å². The van der Waals surface area contributed by atoms with Crippen LogP contribution in [0.15, 0.2) is 40.5 Å². The van der Waals surface area contributed by atoms with E-state index < -0.39 is 11.5 Å². The van der Waals surface area contributed by atoms with E-state index in [1.165, 1.54) is 0 Å². The summed E-state index contributed by atoms with van der Waals surface area (Å²) in [4.78, 5) is 19.7. The van der Waals surface area contributed by atoms with Crippen molar-refractivity contribution in [3.63, 3.8) is 0 Å². The summed E-state index contributed by atoms with van der Waals surface area (Å²) in [6.45, 7) is 0. The van der Waals surface area contributed by atoms with Gasteiger partial charge in [-0.1, -0.05) is 12.1 Å². The number of H-pyrrole nitrogens is 2. The predicted molar refractivity (Wildman–Crippen MR) is 92.3 cm³/mol. The number of nitrogens with zero attached hydrogens (tertiary/aromatic N) is 2. The lowest BCUT2D eigenvalue weighted by Crippen LogP contribution is -2.28. The summed E-state index contributed by atoms with van der Waals surface area (Å²) in [5.41, 5.74) is 7.71. The number of allylic oxidation sites excluding steroid dienone is 1. The molecule has 1 atom stereocenters. The highest BCUT2D eigenvalue weighted by Crippen LogP contribution is 2.39. The van der Waals surface area contributed by atoms with Crippen molar-refractivity contribution >= 4 is 17.9 Å². The first-order valence-corrected chi connectivity index (χ1v) is 7.54. The molecule has 122 valence electrons. The fourth-order valence-corrected chi connectivity index (χ4v) is 2.87. The summed E-state index contributed by atoms with van der Waals surface area (Å²) in [5.74, 6) is -0.490. The quantitative estimate of drug-likeness (QED) is 0.717. The fraction of sp³-hybridized carbons (Fsp3) is 0.188. The van der Waals surface area contributed by atoms with Gasteiger partial charge in [0, 0.05) is 19.8 Å². The lowest BCUT2D eigenvalue weighted by molar-refractivity contribution is 0.374. The van der Waals surface area contributed by atoms with Gasteiger partial charge in [0.05, 0.1) is 11.5 Å². The molecule has 1 unspecified atom stereocenters. The Morgan fingerprint density at radius 3 is 2.54 bits per heavy atom. The van der Waals surface area contributed by atoms with Gasteiger partial charge in [0.25, 0.3) is 5.56 Å². The Morgan fingerprint density at radius 1 is 1.29 bits per heavy atom. The Bertz CT molecular complexity index is 979. The van der Waals surface area contributed by atoms with Gasteiger partial charge < -0.3 is 20.4 Å².